The monoisotopic (exact) mass is 344 g/mol. The van der Waals surface area contributed by atoms with Gasteiger partial charge in [-0.15, -0.1) is 0 Å². The van der Waals surface area contributed by atoms with Crippen molar-refractivity contribution in [2.24, 2.45) is 11.3 Å². The average molecular weight is 344 g/mol. The fourth-order valence-corrected chi connectivity index (χ4v) is 3.83. The molecule has 2 aliphatic rings. The van der Waals surface area contributed by atoms with E-state index in [1.807, 2.05) is 35.2 Å². The first-order valence-electron chi connectivity index (χ1n) is 9.24. The lowest BCUT2D eigenvalue weighted by atomic mass is 9.58. The summed E-state index contributed by atoms with van der Waals surface area (Å²) in [7, 11) is 0. The van der Waals surface area contributed by atoms with E-state index in [4.69, 9.17) is 4.74 Å². The second-order valence-corrected chi connectivity index (χ2v) is 7.75. The fraction of sp³-hybridized carbons (Fsp3) is 0.600. The van der Waals surface area contributed by atoms with Crippen LogP contribution in [0.1, 0.15) is 45.1 Å². The summed E-state index contributed by atoms with van der Waals surface area (Å²) < 4.78 is 5.29. The van der Waals surface area contributed by atoms with Gasteiger partial charge < -0.3 is 15.0 Å². The number of amides is 2. The Morgan fingerprint density at radius 2 is 1.84 bits per heavy atom. The number of ether oxygens (including phenoxy) is 1. The molecule has 2 amide bonds. The number of carbonyl (C=O) groups excluding carboxylic acids is 2. The van der Waals surface area contributed by atoms with Gasteiger partial charge >= 0.3 is 6.09 Å². The smallest absolute Gasteiger partial charge is 0.407 e. The second kappa shape index (κ2) is 7.46. The summed E-state index contributed by atoms with van der Waals surface area (Å²) in [4.78, 5) is 26.8. The summed E-state index contributed by atoms with van der Waals surface area (Å²) in [6, 6.07) is 9.60. The van der Waals surface area contributed by atoms with Gasteiger partial charge in [-0.2, -0.15) is 0 Å². The standard InChI is InChI=1S/C20H28N2O3/c1-20(2)16(18(23)22-11-7-4-8-12-22)13-17(20)21-19(24)25-14-15-9-5-3-6-10-15/h3,5-6,9-10,16-17H,4,7-8,11-14H2,1-2H3,(H,21,24)/t16-,17-/m0/s1. The molecule has 5 heteroatoms. The van der Waals surface area contributed by atoms with Gasteiger partial charge in [0.2, 0.25) is 5.91 Å². The zero-order valence-corrected chi connectivity index (χ0v) is 15.2. The molecule has 0 unspecified atom stereocenters. The zero-order valence-electron chi connectivity index (χ0n) is 15.2. The molecule has 0 bridgehead atoms. The number of benzene rings is 1. The molecule has 0 spiro atoms. The van der Waals surface area contributed by atoms with Gasteiger partial charge in [0.25, 0.3) is 0 Å². The molecular formula is C20H28N2O3. The highest BCUT2D eigenvalue weighted by molar-refractivity contribution is 5.81. The van der Waals surface area contributed by atoms with Crippen molar-refractivity contribution in [1.29, 1.82) is 0 Å². The molecule has 0 aromatic heterocycles. The van der Waals surface area contributed by atoms with Crippen LogP contribution in [-0.4, -0.2) is 36.0 Å². The number of nitrogens with zero attached hydrogens (tertiary/aromatic N) is 1. The molecule has 136 valence electrons. The highest BCUT2D eigenvalue weighted by Crippen LogP contribution is 2.47. The Balaban J connectivity index is 1.48. The quantitative estimate of drug-likeness (QED) is 0.911. The summed E-state index contributed by atoms with van der Waals surface area (Å²) in [6.07, 6.45) is 3.71. The van der Waals surface area contributed by atoms with Crippen molar-refractivity contribution in [1.82, 2.24) is 10.2 Å². The molecule has 2 fully saturated rings. The predicted molar refractivity (Wildman–Crippen MR) is 95.9 cm³/mol. The highest BCUT2D eigenvalue weighted by atomic mass is 16.5. The number of nitrogens with one attached hydrogen (secondary N) is 1. The lowest BCUT2D eigenvalue weighted by Crippen LogP contribution is -2.62. The van der Waals surface area contributed by atoms with Gasteiger partial charge in [0.05, 0.1) is 0 Å². The SMILES string of the molecule is CC1(C)[C@@H](NC(=O)OCc2ccccc2)C[C@H]1C(=O)N1CCCCC1. The first-order chi connectivity index (χ1) is 12.0. The van der Waals surface area contributed by atoms with Crippen LogP contribution in [0.15, 0.2) is 30.3 Å². The van der Waals surface area contributed by atoms with E-state index in [1.54, 1.807) is 0 Å². The van der Waals surface area contributed by atoms with E-state index in [1.165, 1.54) is 6.42 Å². The van der Waals surface area contributed by atoms with Gasteiger partial charge in [-0.25, -0.2) is 4.79 Å². The maximum Gasteiger partial charge on any atom is 0.407 e. The largest absolute Gasteiger partial charge is 0.445 e. The summed E-state index contributed by atoms with van der Waals surface area (Å²) in [5, 5.41) is 2.93. The van der Waals surface area contributed by atoms with Crippen LogP contribution < -0.4 is 5.32 Å². The summed E-state index contributed by atoms with van der Waals surface area (Å²) in [5.74, 6) is 0.241. The molecule has 0 radical (unpaired) electrons. The Kier molecular flexibility index (Phi) is 5.30. The lowest BCUT2D eigenvalue weighted by Gasteiger charge is -2.52. The molecule has 1 aliphatic carbocycles. The first kappa shape index (κ1) is 17.8. The molecule has 1 N–H and O–H groups in total. The van der Waals surface area contributed by atoms with E-state index < -0.39 is 6.09 Å². The Morgan fingerprint density at radius 1 is 1.16 bits per heavy atom. The molecule has 1 heterocycles. The molecule has 3 rings (SSSR count). The van der Waals surface area contributed by atoms with Crippen molar-refractivity contribution >= 4 is 12.0 Å². The molecule has 1 saturated heterocycles. The highest BCUT2D eigenvalue weighted by Gasteiger charge is 2.53. The van der Waals surface area contributed by atoms with Crippen molar-refractivity contribution in [2.45, 2.75) is 52.2 Å². The Hall–Kier alpha value is -2.04. The van der Waals surface area contributed by atoms with E-state index >= 15 is 0 Å². The van der Waals surface area contributed by atoms with E-state index in [0.717, 1.165) is 31.5 Å². The molecule has 5 nitrogen and oxygen atoms in total. The molecular weight excluding hydrogens is 316 g/mol. The molecule has 1 saturated carbocycles. The van der Waals surface area contributed by atoms with Gasteiger partial charge in [0.1, 0.15) is 6.61 Å². The van der Waals surface area contributed by atoms with Crippen molar-refractivity contribution in [3.05, 3.63) is 35.9 Å². The molecule has 25 heavy (non-hydrogen) atoms. The minimum absolute atomic E-state index is 0.00924. The van der Waals surface area contributed by atoms with E-state index in [0.29, 0.717) is 6.42 Å². The van der Waals surface area contributed by atoms with Gasteiger partial charge in [-0.1, -0.05) is 44.2 Å². The van der Waals surface area contributed by atoms with Crippen molar-refractivity contribution < 1.29 is 14.3 Å². The first-order valence-corrected chi connectivity index (χ1v) is 9.24. The lowest BCUT2D eigenvalue weighted by molar-refractivity contribution is -0.149. The van der Waals surface area contributed by atoms with E-state index in [-0.39, 0.29) is 29.9 Å². The van der Waals surface area contributed by atoms with Crippen LogP contribution in [0.2, 0.25) is 0 Å². The third-order valence-corrected chi connectivity index (χ3v) is 5.74. The van der Waals surface area contributed by atoms with E-state index in [2.05, 4.69) is 19.2 Å². The van der Waals surface area contributed by atoms with Crippen molar-refractivity contribution in [3.8, 4) is 0 Å². The van der Waals surface area contributed by atoms with Crippen LogP contribution in [-0.2, 0) is 16.1 Å². The Morgan fingerprint density at radius 3 is 2.48 bits per heavy atom. The minimum Gasteiger partial charge on any atom is -0.445 e. The number of likely N-dealkylation sites (tertiary alicyclic amines) is 1. The van der Waals surface area contributed by atoms with Crippen LogP contribution in [0.5, 0.6) is 0 Å². The van der Waals surface area contributed by atoms with Crippen LogP contribution in [0.4, 0.5) is 4.79 Å². The van der Waals surface area contributed by atoms with Crippen molar-refractivity contribution in [2.75, 3.05) is 13.1 Å². The number of hydrogen-bond donors (Lipinski definition) is 1. The number of hydrogen-bond acceptors (Lipinski definition) is 3. The van der Waals surface area contributed by atoms with Crippen LogP contribution >= 0.6 is 0 Å². The van der Waals surface area contributed by atoms with Gasteiger partial charge in [-0.3, -0.25) is 4.79 Å². The Bertz CT molecular complexity index is 609. The van der Waals surface area contributed by atoms with Gasteiger partial charge in [0.15, 0.2) is 0 Å². The van der Waals surface area contributed by atoms with Crippen LogP contribution in [0, 0.1) is 11.3 Å². The third-order valence-electron chi connectivity index (χ3n) is 5.74. The second-order valence-electron chi connectivity index (χ2n) is 7.75. The summed E-state index contributed by atoms with van der Waals surface area (Å²) in [5.41, 5.74) is 0.726. The maximum absolute atomic E-state index is 12.7. The fourth-order valence-electron chi connectivity index (χ4n) is 3.83. The van der Waals surface area contributed by atoms with E-state index in [9.17, 15) is 9.59 Å². The van der Waals surface area contributed by atoms with Gasteiger partial charge in [0, 0.05) is 25.0 Å². The summed E-state index contributed by atoms with van der Waals surface area (Å²) >= 11 is 0. The molecule has 1 aliphatic heterocycles. The third kappa shape index (κ3) is 3.97. The topological polar surface area (TPSA) is 58.6 Å². The summed E-state index contributed by atoms with van der Waals surface area (Å²) in [6.45, 7) is 6.14. The number of rotatable bonds is 4. The molecule has 1 aromatic rings. The Labute approximate surface area is 149 Å². The average Bonchev–Trinajstić information content (AvgIpc) is 2.64. The number of carbonyl (C=O) groups is 2. The zero-order chi connectivity index (χ0) is 17.9. The van der Waals surface area contributed by atoms with Crippen LogP contribution in [0.3, 0.4) is 0 Å². The van der Waals surface area contributed by atoms with Crippen LogP contribution in [0.25, 0.3) is 0 Å². The number of piperidine rings is 1. The molecule has 2 atom stereocenters. The minimum atomic E-state index is -0.411. The normalized spacial score (nSPS) is 25.0. The molecule has 1 aromatic carbocycles. The predicted octanol–water partition coefficient (Wildman–Crippen LogP) is 3.34. The van der Waals surface area contributed by atoms with Crippen molar-refractivity contribution in [3.63, 3.8) is 0 Å². The van der Waals surface area contributed by atoms with Gasteiger partial charge in [-0.05, 0) is 36.7 Å². The number of alkyl carbamates (subject to hydrolysis) is 1. The maximum atomic E-state index is 12.7.